The number of ether oxygens (including phenoxy) is 3. The zero-order valence-corrected chi connectivity index (χ0v) is 21.9. The standard InChI is InChI=1S/C29H36O10/c1-2-3-4-5-6-7-12-36-19-13-21(31)24-22(14-19)37-16-20(25(24)32)17-8-10-18(11-9-17)38-29-28(35)27(34)26(33)23(15-30)39-29/h8-11,13-14,16,23,26-31,33-35H,2-7,12,15H2,1H3/t23-,26+,27-,28+,29-/m1/s1. The fourth-order valence-corrected chi connectivity index (χ4v) is 4.57. The van der Waals surface area contributed by atoms with E-state index in [0.717, 1.165) is 12.8 Å². The first kappa shape index (κ1) is 28.8. The summed E-state index contributed by atoms with van der Waals surface area (Å²) in [5.41, 5.74) is 0.510. The first-order chi connectivity index (χ1) is 18.8. The Morgan fingerprint density at radius 1 is 0.897 bits per heavy atom. The molecule has 1 saturated heterocycles. The van der Waals surface area contributed by atoms with Crippen molar-refractivity contribution < 1.29 is 44.2 Å². The van der Waals surface area contributed by atoms with Crippen LogP contribution < -0.4 is 14.9 Å². The molecule has 0 bridgehead atoms. The minimum absolute atomic E-state index is 0.0426. The molecule has 1 fully saturated rings. The third-order valence-corrected chi connectivity index (χ3v) is 6.86. The van der Waals surface area contributed by atoms with Crippen LogP contribution in [0.5, 0.6) is 17.2 Å². The van der Waals surface area contributed by atoms with Crippen LogP contribution in [0.2, 0.25) is 0 Å². The summed E-state index contributed by atoms with van der Waals surface area (Å²) in [4.78, 5) is 13.2. The number of aliphatic hydroxyl groups excluding tert-OH is 4. The van der Waals surface area contributed by atoms with Crippen LogP contribution in [0.1, 0.15) is 45.4 Å². The van der Waals surface area contributed by atoms with E-state index < -0.39 is 42.7 Å². The molecule has 10 heteroatoms. The maximum absolute atomic E-state index is 13.2. The normalized spacial score (nSPS) is 23.2. The van der Waals surface area contributed by atoms with E-state index in [2.05, 4.69) is 6.92 Å². The van der Waals surface area contributed by atoms with Gasteiger partial charge in [-0.25, -0.2) is 0 Å². The molecule has 0 amide bonds. The molecule has 2 aromatic carbocycles. The van der Waals surface area contributed by atoms with Crippen LogP contribution in [0, 0.1) is 0 Å². The number of benzene rings is 2. The lowest BCUT2D eigenvalue weighted by molar-refractivity contribution is -0.277. The van der Waals surface area contributed by atoms with Crippen LogP contribution in [-0.2, 0) is 4.74 Å². The van der Waals surface area contributed by atoms with E-state index >= 15 is 0 Å². The number of aliphatic hydroxyl groups is 4. The van der Waals surface area contributed by atoms with Gasteiger partial charge in [-0.05, 0) is 24.1 Å². The van der Waals surface area contributed by atoms with Crippen molar-refractivity contribution in [2.75, 3.05) is 13.2 Å². The van der Waals surface area contributed by atoms with E-state index in [-0.39, 0.29) is 28.0 Å². The number of rotatable bonds is 12. The van der Waals surface area contributed by atoms with E-state index in [4.69, 9.17) is 18.6 Å². The van der Waals surface area contributed by atoms with Crippen LogP contribution in [0.3, 0.4) is 0 Å². The van der Waals surface area contributed by atoms with Crippen molar-refractivity contribution in [2.24, 2.45) is 0 Å². The van der Waals surface area contributed by atoms with Crippen LogP contribution in [-0.4, -0.2) is 69.5 Å². The van der Waals surface area contributed by atoms with E-state index in [1.165, 1.54) is 50.1 Å². The van der Waals surface area contributed by atoms with E-state index in [1.54, 1.807) is 18.2 Å². The topological polar surface area (TPSA) is 159 Å². The number of aromatic hydroxyl groups is 1. The van der Waals surface area contributed by atoms with E-state index in [1.807, 2.05) is 0 Å². The Labute approximate surface area is 226 Å². The Balaban J connectivity index is 1.44. The van der Waals surface area contributed by atoms with Gasteiger partial charge in [0.05, 0.1) is 18.8 Å². The summed E-state index contributed by atoms with van der Waals surface area (Å²) in [7, 11) is 0. The highest BCUT2D eigenvalue weighted by Gasteiger charge is 2.44. The Hall–Kier alpha value is -3.15. The third-order valence-electron chi connectivity index (χ3n) is 6.86. The van der Waals surface area contributed by atoms with Crippen molar-refractivity contribution in [2.45, 2.75) is 76.2 Å². The van der Waals surface area contributed by atoms with Gasteiger partial charge in [-0.15, -0.1) is 0 Å². The Morgan fingerprint density at radius 3 is 2.33 bits per heavy atom. The summed E-state index contributed by atoms with van der Waals surface area (Å²) in [5, 5.41) is 50.0. The van der Waals surface area contributed by atoms with Crippen molar-refractivity contribution in [3.63, 3.8) is 0 Å². The monoisotopic (exact) mass is 544 g/mol. The number of unbranched alkanes of at least 4 members (excludes halogenated alkanes) is 5. The SMILES string of the molecule is CCCCCCCCOc1cc(O)c2c(=O)c(-c3ccc(O[C@@H]4O[C@H](CO)[C@H](O)[C@@H](O)[C@@H]4O)cc3)coc2c1. The van der Waals surface area contributed by atoms with Gasteiger partial charge >= 0.3 is 0 Å². The number of hydrogen-bond acceptors (Lipinski definition) is 10. The molecule has 212 valence electrons. The van der Waals surface area contributed by atoms with Crippen molar-refractivity contribution in [1.29, 1.82) is 0 Å². The zero-order chi connectivity index (χ0) is 27.9. The molecule has 0 aliphatic carbocycles. The lowest BCUT2D eigenvalue weighted by atomic mass is 9.99. The van der Waals surface area contributed by atoms with E-state index in [9.17, 15) is 30.3 Å². The molecule has 39 heavy (non-hydrogen) atoms. The van der Waals surface area contributed by atoms with Gasteiger partial charge in [0.2, 0.25) is 11.7 Å². The molecule has 1 aliphatic heterocycles. The average Bonchev–Trinajstić information content (AvgIpc) is 2.93. The first-order valence-electron chi connectivity index (χ1n) is 13.3. The fraction of sp³-hybridized carbons (Fsp3) is 0.483. The van der Waals surface area contributed by atoms with Crippen molar-refractivity contribution in [3.05, 3.63) is 52.9 Å². The van der Waals surface area contributed by atoms with Crippen molar-refractivity contribution in [3.8, 4) is 28.4 Å². The molecular weight excluding hydrogens is 508 g/mol. The van der Waals surface area contributed by atoms with Crippen LogP contribution in [0.4, 0.5) is 0 Å². The van der Waals surface area contributed by atoms with Crippen molar-refractivity contribution >= 4 is 11.0 Å². The Kier molecular flexibility index (Phi) is 9.82. The van der Waals surface area contributed by atoms with Gasteiger partial charge in [0.1, 0.15) is 58.9 Å². The quantitative estimate of drug-likeness (QED) is 0.215. The maximum Gasteiger partial charge on any atom is 0.229 e. The lowest BCUT2D eigenvalue weighted by Crippen LogP contribution is -2.60. The molecule has 0 spiro atoms. The molecule has 5 atom stereocenters. The third kappa shape index (κ3) is 6.71. The highest BCUT2D eigenvalue weighted by Crippen LogP contribution is 2.31. The van der Waals surface area contributed by atoms with E-state index in [0.29, 0.717) is 17.9 Å². The van der Waals surface area contributed by atoms with Gasteiger partial charge in [-0.1, -0.05) is 51.2 Å². The number of fused-ring (bicyclic) bond motifs is 1. The van der Waals surface area contributed by atoms with Gasteiger partial charge in [0.15, 0.2) is 0 Å². The first-order valence-corrected chi connectivity index (χ1v) is 13.3. The summed E-state index contributed by atoms with van der Waals surface area (Å²) in [5.74, 6) is 0.450. The highest BCUT2D eigenvalue weighted by molar-refractivity contribution is 5.88. The van der Waals surface area contributed by atoms with Gasteiger partial charge in [-0.3, -0.25) is 4.79 Å². The largest absolute Gasteiger partial charge is 0.507 e. The molecule has 1 aliphatic rings. The summed E-state index contributed by atoms with van der Waals surface area (Å²) < 4.78 is 22.4. The molecule has 5 N–H and O–H groups in total. The number of phenolic OH excluding ortho intramolecular Hbond substituents is 1. The molecule has 10 nitrogen and oxygen atoms in total. The Bertz CT molecular complexity index is 1270. The second-order valence-corrected chi connectivity index (χ2v) is 9.75. The maximum atomic E-state index is 13.2. The minimum atomic E-state index is -1.56. The summed E-state index contributed by atoms with van der Waals surface area (Å²) in [6.45, 7) is 2.12. The van der Waals surface area contributed by atoms with Gasteiger partial charge in [-0.2, -0.15) is 0 Å². The van der Waals surface area contributed by atoms with Crippen LogP contribution in [0.15, 0.2) is 51.9 Å². The molecule has 0 saturated carbocycles. The van der Waals surface area contributed by atoms with Gasteiger partial charge in [0, 0.05) is 12.1 Å². The molecule has 1 aromatic heterocycles. The molecule has 4 rings (SSSR count). The number of phenols is 1. The van der Waals surface area contributed by atoms with Gasteiger partial charge < -0.3 is 44.2 Å². The highest BCUT2D eigenvalue weighted by atomic mass is 16.7. The van der Waals surface area contributed by atoms with Gasteiger partial charge in [0.25, 0.3) is 0 Å². The predicted molar refractivity (Wildman–Crippen MR) is 143 cm³/mol. The average molecular weight is 545 g/mol. The molecular formula is C29H36O10. The Morgan fingerprint density at radius 2 is 1.62 bits per heavy atom. The molecule has 2 heterocycles. The molecule has 3 aromatic rings. The van der Waals surface area contributed by atoms with Crippen molar-refractivity contribution in [1.82, 2.24) is 0 Å². The zero-order valence-electron chi connectivity index (χ0n) is 21.9. The molecule has 0 radical (unpaired) electrons. The fourth-order valence-electron chi connectivity index (χ4n) is 4.57. The second kappa shape index (κ2) is 13.3. The predicted octanol–water partition coefficient (Wildman–Crippen LogP) is 3.08. The second-order valence-electron chi connectivity index (χ2n) is 9.75. The summed E-state index contributed by atoms with van der Waals surface area (Å²) in [6.07, 6.45) is 1.10. The lowest BCUT2D eigenvalue weighted by Gasteiger charge is -2.39. The van der Waals surface area contributed by atoms with Crippen LogP contribution in [0.25, 0.3) is 22.1 Å². The molecule has 0 unspecified atom stereocenters. The summed E-state index contributed by atoms with van der Waals surface area (Å²) in [6, 6.07) is 9.24. The van der Waals surface area contributed by atoms with Crippen LogP contribution >= 0.6 is 0 Å². The minimum Gasteiger partial charge on any atom is -0.507 e. The smallest absolute Gasteiger partial charge is 0.229 e. The number of hydrogen-bond donors (Lipinski definition) is 5. The summed E-state index contributed by atoms with van der Waals surface area (Å²) >= 11 is 0.